The molecule has 0 saturated carbocycles. The summed E-state index contributed by atoms with van der Waals surface area (Å²) < 4.78 is 10.5. The third-order valence-corrected chi connectivity index (χ3v) is 2.54. The summed E-state index contributed by atoms with van der Waals surface area (Å²) in [5.41, 5.74) is 2.49. The molecule has 1 aliphatic rings. The number of rotatable bonds is 3. The van der Waals surface area contributed by atoms with Gasteiger partial charge in [-0.05, 0) is 30.2 Å². The molecule has 0 atom stereocenters. The van der Waals surface area contributed by atoms with Gasteiger partial charge in [0.05, 0.1) is 13.2 Å². The summed E-state index contributed by atoms with van der Waals surface area (Å²) in [5, 5.41) is 0. The molecule has 0 aromatic heterocycles. The maximum absolute atomic E-state index is 11.7. The number of carbonyl (C=O) groups is 1. The Labute approximate surface area is 94.7 Å². The Hall–Kier alpha value is -1.77. The first kappa shape index (κ1) is 10.7. The summed E-state index contributed by atoms with van der Waals surface area (Å²) >= 11 is 0. The molecule has 0 radical (unpaired) electrons. The van der Waals surface area contributed by atoms with Crippen molar-refractivity contribution in [2.24, 2.45) is 0 Å². The van der Waals surface area contributed by atoms with E-state index < -0.39 is 0 Å². The van der Waals surface area contributed by atoms with Crippen LogP contribution in [0.4, 0.5) is 0 Å². The Bertz CT molecular complexity index is 435. The molecule has 16 heavy (non-hydrogen) atoms. The summed E-state index contributed by atoms with van der Waals surface area (Å²) in [6.07, 6.45) is 2.56. The van der Waals surface area contributed by atoms with Gasteiger partial charge in [0.1, 0.15) is 11.3 Å². The third-order valence-electron chi connectivity index (χ3n) is 2.54. The van der Waals surface area contributed by atoms with Crippen LogP contribution >= 0.6 is 0 Å². The molecule has 0 N–H and O–H groups in total. The lowest BCUT2D eigenvalue weighted by Gasteiger charge is -2.08. The van der Waals surface area contributed by atoms with Gasteiger partial charge in [-0.1, -0.05) is 12.7 Å². The molecule has 0 bridgehead atoms. The first-order valence-electron chi connectivity index (χ1n) is 5.35. The molecule has 0 amide bonds. The highest BCUT2D eigenvalue weighted by Gasteiger charge is 2.22. The number of hydrogen-bond donors (Lipinski definition) is 0. The van der Waals surface area contributed by atoms with Gasteiger partial charge < -0.3 is 9.47 Å². The maximum Gasteiger partial charge on any atom is 0.341 e. The molecule has 1 aromatic carbocycles. The first-order valence-corrected chi connectivity index (χ1v) is 5.35. The lowest BCUT2D eigenvalue weighted by atomic mass is 10.0. The van der Waals surface area contributed by atoms with Crippen molar-refractivity contribution < 1.29 is 14.3 Å². The average Bonchev–Trinajstić information content (AvgIpc) is 2.75. The van der Waals surface area contributed by atoms with E-state index >= 15 is 0 Å². The van der Waals surface area contributed by atoms with E-state index in [-0.39, 0.29) is 5.97 Å². The highest BCUT2D eigenvalue weighted by Crippen LogP contribution is 2.31. The van der Waals surface area contributed by atoms with Crippen LogP contribution in [-0.2, 0) is 11.2 Å². The molecule has 3 nitrogen and oxygen atoms in total. The number of benzene rings is 1. The fraction of sp³-hybridized carbons (Fsp3) is 0.308. The van der Waals surface area contributed by atoms with Crippen LogP contribution in [-0.4, -0.2) is 19.2 Å². The van der Waals surface area contributed by atoms with Crippen LogP contribution in [0.1, 0.15) is 28.4 Å². The third kappa shape index (κ3) is 1.81. The molecule has 1 heterocycles. The molecule has 0 fully saturated rings. The fourth-order valence-corrected chi connectivity index (χ4v) is 1.81. The normalized spacial score (nSPS) is 12.8. The van der Waals surface area contributed by atoms with Gasteiger partial charge in [0.2, 0.25) is 0 Å². The molecular weight excluding hydrogens is 204 g/mol. The summed E-state index contributed by atoms with van der Waals surface area (Å²) in [6.45, 7) is 6.49. The molecule has 0 saturated heterocycles. The fourth-order valence-electron chi connectivity index (χ4n) is 1.81. The topological polar surface area (TPSA) is 35.5 Å². The van der Waals surface area contributed by atoms with Gasteiger partial charge in [-0.2, -0.15) is 0 Å². The van der Waals surface area contributed by atoms with E-state index in [1.165, 1.54) is 0 Å². The molecule has 3 heteroatoms. The summed E-state index contributed by atoms with van der Waals surface area (Å²) in [5.74, 6) is 0.341. The van der Waals surface area contributed by atoms with Crippen LogP contribution < -0.4 is 4.74 Å². The molecule has 2 rings (SSSR count). The zero-order valence-corrected chi connectivity index (χ0v) is 9.29. The van der Waals surface area contributed by atoms with Crippen molar-refractivity contribution in [3.05, 3.63) is 35.4 Å². The largest absolute Gasteiger partial charge is 0.492 e. The van der Waals surface area contributed by atoms with Gasteiger partial charge in [-0.3, -0.25) is 0 Å². The quantitative estimate of drug-likeness (QED) is 0.731. The average molecular weight is 218 g/mol. The van der Waals surface area contributed by atoms with Crippen molar-refractivity contribution in [3.63, 3.8) is 0 Å². The Morgan fingerprint density at radius 3 is 3.12 bits per heavy atom. The number of hydrogen-bond acceptors (Lipinski definition) is 3. The molecule has 0 unspecified atom stereocenters. The minimum absolute atomic E-state index is 0.329. The van der Waals surface area contributed by atoms with Crippen molar-refractivity contribution in [1.82, 2.24) is 0 Å². The molecule has 0 aliphatic carbocycles. The summed E-state index contributed by atoms with van der Waals surface area (Å²) in [6, 6.07) is 3.76. The predicted octanol–water partition coefficient (Wildman–Crippen LogP) is 2.44. The van der Waals surface area contributed by atoms with Crippen LogP contribution in [0.25, 0.3) is 6.08 Å². The lowest BCUT2D eigenvalue weighted by Crippen LogP contribution is -2.07. The van der Waals surface area contributed by atoms with Crippen molar-refractivity contribution in [1.29, 1.82) is 0 Å². The van der Waals surface area contributed by atoms with Crippen LogP contribution in [0.5, 0.6) is 5.75 Å². The number of fused-ring (bicyclic) bond motifs is 1. The smallest absolute Gasteiger partial charge is 0.341 e. The molecule has 0 spiro atoms. The van der Waals surface area contributed by atoms with Gasteiger partial charge in [-0.25, -0.2) is 4.79 Å². The summed E-state index contributed by atoms with van der Waals surface area (Å²) in [4.78, 5) is 11.7. The highest BCUT2D eigenvalue weighted by atomic mass is 16.5. The highest BCUT2D eigenvalue weighted by molar-refractivity contribution is 5.94. The second kappa shape index (κ2) is 4.39. The standard InChI is InChI=1S/C13H14O3/c1-3-9-7-10-5-6-16-12(10)11(8-9)13(14)15-4-2/h3,7-8H,1,4-6H2,2H3. The van der Waals surface area contributed by atoms with E-state index in [2.05, 4.69) is 6.58 Å². The Balaban J connectivity index is 2.46. The van der Waals surface area contributed by atoms with Gasteiger partial charge in [0.15, 0.2) is 0 Å². The lowest BCUT2D eigenvalue weighted by molar-refractivity contribution is 0.0522. The van der Waals surface area contributed by atoms with Crippen LogP contribution in [0.3, 0.4) is 0 Å². The van der Waals surface area contributed by atoms with E-state index in [1.807, 2.05) is 6.07 Å². The Morgan fingerprint density at radius 2 is 2.44 bits per heavy atom. The first-order chi connectivity index (χ1) is 7.76. The minimum Gasteiger partial charge on any atom is -0.492 e. The van der Waals surface area contributed by atoms with Crippen molar-refractivity contribution in [2.75, 3.05) is 13.2 Å². The number of ether oxygens (including phenoxy) is 2. The van der Waals surface area contributed by atoms with Crippen molar-refractivity contribution in [3.8, 4) is 5.75 Å². The van der Waals surface area contributed by atoms with Crippen LogP contribution in [0.2, 0.25) is 0 Å². The van der Waals surface area contributed by atoms with E-state index in [0.29, 0.717) is 24.5 Å². The molecule has 1 aromatic rings. The minimum atomic E-state index is -0.329. The van der Waals surface area contributed by atoms with Gasteiger partial charge in [0, 0.05) is 6.42 Å². The van der Waals surface area contributed by atoms with Gasteiger partial charge in [0.25, 0.3) is 0 Å². The second-order valence-electron chi connectivity index (χ2n) is 3.58. The molecule has 84 valence electrons. The number of esters is 1. The maximum atomic E-state index is 11.7. The van der Waals surface area contributed by atoms with E-state index in [1.54, 1.807) is 19.1 Å². The molecular formula is C13H14O3. The van der Waals surface area contributed by atoms with Crippen LogP contribution in [0.15, 0.2) is 18.7 Å². The predicted molar refractivity (Wildman–Crippen MR) is 61.7 cm³/mol. The Kier molecular flexibility index (Phi) is 2.95. The van der Waals surface area contributed by atoms with E-state index in [0.717, 1.165) is 17.5 Å². The monoisotopic (exact) mass is 218 g/mol. The van der Waals surface area contributed by atoms with Gasteiger partial charge >= 0.3 is 5.97 Å². The van der Waals surface area contributed by atoms with Crippen molar-refractivity contribution >= 4 is 12.0 Å². The van der Waals surface area contributed by atoms with Crippen LogP contribution in [0, 0.1) is 0 Å². The zero-order chi connectivity index (χ0) is 11.5. The summed E-state index contributed by atoms with van der Waals surface area (Å²) in [7, 11) is 0. The molecule has 1 aliphatic heterocycles. The number of carbonyl (C=O) groups excluding carboxylic acids is 1. The second-order valence-corrected chi connectivity index (χ2v) is 3.58. The Morgan fingerprint density at radius 1 is 1.62 bits per heavy atom. The SMILES string of the molecule is C=Cc1cc2c(c(C(=O)OCC)c1)OCC2. The van der Waals surface area contributed by atoms with Crippen molar-refractivity contribution in [2.45, 2.75) is 13.3 Å². The van der Waals surface area contributed by atoms with Gasteiger partial charge in [-0.15, -0.1) is 0 Å². The zero-order valence-electron chi connectivity index (χ0n) is 9.29. The van der Waals surface area contributed by atoms with E-state index in [9.17, 15) is 4.79 Å². The van der Waals surface area contributed by atoms with E-state index in [4.69, 9.17) is 9.47 Å².